The standard InChI is InChI=1S/C16H26N2O/c19-16(15-13-2-1-3-14(13)15)18-8-6-12(7-9-18)17-10-11-4-5-11/h11-15,17H,1-10H2. The van der Waals surface area contributed by atoms with E-state index in [0.29, 0.717) is 17.9 Å². The van der Waals surface area contributed by atoms with Crippen molar-refractivity contribution in [3.05, 3.63) is 0 Å². The number of amides is 1. The largest absolute Gasteiger partial charge is 0.342 e. The first-order chi connectivity index (χ1) is 9.33. The van der Waals surface area contributed by atoms with Crippen molar-refractivity contribution < 1.29 is 4.79 Å². The third-order valence-electron chi connectivity index (χ3n) is 5.89. The summed E-state index contributed by atoms with van der Waals surface area (Å²) in [4.78, 5) is 14.6. The zero-order valence-corrected chi connectivity index (χ0v) is 11.8. The van der Waals surface area contributed by atoms with Crippen LogP contribution in [0.25, 0.3) is 0 Å². The Labute approximate surface area is 116 Å². The molecule has 1 aliphatic heterocycles. The maximum Gasteiger partial charge on any atom is 0.226 e. The molecule has 19 heavy (non-hydrogen) atoms. The Morgan fingerprint density at radius 2 is 1.68 bits per heavy atom. The highest BCUT2D eigenvalue weighted by atomic mass is 16.2. The summed E-state index contributed by atoms with van der Waals surface area (Å²) in [7, 11) is 0. The van der Waals surface area contributed by atoms with Gasteiger partial charge in [-0.15, -0.1) is 0 Å². The Kier molecular flexibility index (Phi) is 3.06. The van der Waals surface area contributed by atoms with E-state index in [-0.39, 0.29) is 0 Å². The van der Waals surface area contributed by atoms with Gasteiger partial charge in [0, 0.05) is 25.0 Å². The normalized spacial score (nSPS) is 38.3. The number of nitrogens with zero attached hydrogens (tertiary/aromatic N) is 1. The summed E-state index contributed by atoms with van der Waals surface area (Å²) in [5, 5.41) is 3.69. The maximum atomic E-state index is 12.5. The van der Waals surface area contributed by atoms with Gasteiger partial charge in [-0.05, 0) is 62.8 Å². The predicted molar refractivity (Wildman–Crippen MR) is 74.6 cm³/mol. The lowest BCUT2D eigenvalue weighted by Crippen LogP contribution is -2.46. The van der Waals surface area contributed by atoms with Crippen LogP contribution in [0.15, 0.2) is 0 Å². The van der Waals surface area contributed by atoms with Crippen LogP contribution in [0.2, 0.25) is 0 Å². The van der Waals surface area contributed by atoms with Crippen LogP contribution < -0.4 is 5.32 Å². The lowest BCUT2D eigenvalue weighted by molar-refractivity contribution is -0.134. The van der Waals surface area contributed by atoms with Gasteiger partial charge in [0.15, 0.2) is 0 Å². The summed E-state index contributed by atoms with van der Waals surface area (Å²) < 4.78 is 0. The molecule has 4 aliphatic rings. The van der Waals surface area contributed by atoms with Gasteiger partial charge in [0.2, 0.25) is 5.91 Å². The van der Waals surface area contributed by atoms with E-state index in [0.717, 1.165) is 30.8 Å². The fourth-order valence-corrected chi connectivity index (χ4v) is 4.36. The molecule has 1 saturated heterocycles. The predicted octanol–water partition coefficient (Wildman–Crippen LogP) is 2.02. The molecule has 1 N–H and O–H groups in total. The second kappa shape index (κ2) is 4.76. The first-order valence-electron chi connectivity index (χ1n) is 8.35. The second-order valence-corrected chi connectivity index (χ2v) is 7.24. The molecule has 2 atom stereocenters. The van der Waals surface area contributed by atoms with Crippen LogP contribution in [-0.4, -0.2) is 36.5 Å². The van der Waals surface area contributed by atoms with E-state index < -0.39 is 0 Å². The first-order valence-corrected chi connectivity index (χ1v) is 8.35. The second-order valence-electron chi connectivity index (χ2n) is 7.24. The van der Waals surface area contributed by atoms with Crippen molar-refractivity contribution in [2.24, 2.45) is 23.7 Å². The number of hydrogen-bond donors (Lipinski definition) is 1. The van der Waals surface area contributed by atoms with Crippen LogP contribution in [0.1, 0.15) is 44.9 Å². The summed E-state index contributed by atoms with van der Waals surface area (Å²) in [5.41, 5.74) is 0. The molecule has 4 fully saturated rings. The number of likely N-dealkylation sites (tertiary alicyclic amines) is 1. The number of nitrogens with one attached hydrogen (secondary N) is 1. The molecule has 0 aromatic heterocycles. The Hall–Kier alpha value is -0.570. The number of fused-ring (bicyclic) bond motifs is 1. The van der Waals surface area contributed by atoms with Crippen molar-refractivity contribution >= 4 is 5.91 Å². The average molecular weight is 262 g/mol. The van der Waals surface area contributed by atoms with Crippen molar-refractivity contribution in [3.63, 3.8) is 0 Å². The van der Waals surface area contributed by atoms with Gasteiger partial charge in [0.25, 0.3) is 0 Å². The lowest BCUT2D eigenvalue weighted by atomic mass is 10.0. The minimum atomic E-state index is 0.435. The van der Waals surface area contributed by atoms with E-state index in [4.69, 9.17) is 0 Å². The zero-order chi connectivity index (χ0) is 12.8. The van der Waals surface area contributed by atoms with Crippen LogP contribution >= 0.6 is 0 Å². The minimum absolute atomic E-state index is 0.435. The van der Waals surface area contributed by atoms with Crippen molar-refractivity contribution in [3.8, 4) is 0 Å². The van der Waals surface area contributed by atoms with Crippen LogP contribution in [0.4, 0.5) is 0 Å². The zero-order valence-electron chi connectivity index (χ0n) is 11.8. The summed E-state index contributed by atoms with van der Waals surface area (Å²) in [6.07, 6.45) is 9.19. The highest BCUT2D eigenvalue weighted by Crippen LogP contribution is 2.58. The van der Waals surface area contributed by atoms with Crippen LogP contribution in [0.3, 0.4) is 0 Å². The highest BCUT2D eigenvalue weighted by molar-refractivity contribution is 5.82. The molecule has 0 aromatic rings. The molecule has 1 amide bonds. The molecular weight excluding hydrogens is 236 g/mol. The van der Waals surface area contributed by atoms with Crippen molar-refractivity contribution in [2.75, 3.05) is 19.6 Å². The van der Waals surface area contributed by atoms with Gasteiger partial charge in [-0.2, -0.15) is 0 Å². The molecule has 0 aromatic carbocycles. The van der Waals surface area contributed by atoms with E-state index in [1.54, 1.807) is 0 Å². The monoisotopic (exact) mass is 262 g/mol. The molecule has 2 unspecified atom stereocenters. The molecule has 3 nitrogen and oxygen atoms in total. The Morgan fingerprint density at radius 1 is 1.00 bits per heavy atom. The third-order valence-corrected chi connectivity index (χ3v) is 5.89. The maximum absolute atomic E-state index is 12.5. The molecule has 0 bridgehead atoms. The Bertz CT molecular complexity index is 348. The quantitative estimate of drug-likeness (QED) is 0.840. The molecule has 0 radical (unpaired) electrons. The van der Waals surface area contributed by atoms with E-state index in [1.807, 2.05) is 0 Å². The van der Waals surface area contributed by atoms with Gasteiger partial charge in [0.05, 0.1) is 0 Å². The van der Waals surface area contributed by atoms with Crippen molar-refractivity contribution in [2.45, 2.75) is 51.0 Å². The summed E-state index contributed by atoms with van der Waals surface area (Å²) in [6.45, 7) is 3.21. The minimum Gasteiger partial charge on any atom is -0.342 e. The molecule has 4 rings (SSSR count). The fourth-order valence-electron chi connectivity index (χ4n) is 4.36. The van der Waals surface area contributed by atoms with Gasteiger partial charge < -0.3 is 10.2 Å². The van der Waals surface area contributed by atoms with E-state index in [9.17, 15) is 4.79 Å². The number of carbonyl (C=O) groups is 1. The summed E-state index contributed by atoms with van der Waals surface area (Å²) in [5.74, 6) is 3.45. The van der Waals surface area contributed by atoms with Crippen LogP contribution in [0.5, 0.6) is 0 Å². The first kappa shape index (κ1) is 12.2. The average Bonchev–Trinajstić information content (AvgIpc) is 3.35. The van der Waals surface area contributed by atoms with E-state index >= 15 is 0 Å². The smallest absolute Gasteiger partial charge is 0.226 e. The molecule has 3 heteroatoms. The lowest BCUT2D eigenvalue weighted by Gasteiger charge is -2.33. The number of carbonyl (C=O) groups excluding carboxylic acids is 1. The SMILES string of the molecule is O=C(C1C2CCCC21)N1CCC(NCC2CC2)CC1. The fraction of sp³-hybridized carbons (Fsp3) is 0.938. The van der Waals surface area contributed by atoms with Gasteiger partial charge in [-0.1, -0.05) is 6.42 Å². The Morgan fingerprint density at radius 3 is 2.32 bits per heavy atom. The van der Waals surface area contributed by atoms with E-state index in [1.165, 1.54) is 51.5 Å². The van der Waals surface area contributed by atoms with Crippen LogP contribution in [-0.2, 0) is 4.79 Å². The highest BCUT2D eigenvalue weighted by Gasteiger charge is 2.57. The van der Waals surface area contributed by atoms with E-state index in [2.05, 4.69) is 10.2 Å². The molecule has 3 aliphatic carbocycles. The molecule has 0 spiro atoms. The molecule has 3 saturated carbocycles. The Balaban J connectivity index is 1.22. The summed E-state index contributed by atoms with van der Waals surface area (Å²) >= 11 is 0. The van der Waals surface area contributed by atoms with Gasteiger partial charge in [-0.3, -0.25) is 4.79 Å². The number of hydrogen-bond acceptors (Lipinski definition) is 2. The third kappa shape index (κ3) is 2.42. The molecule has 1 heterocycles. The van der Waals surface area contributed by atoms with Crippen LogP contribution in [0, 0.1) is 23.7 Å². The van der Waals surface area contributed by atoms with Gasteiger partial charge in [0.1, 0.15) is 0 Å². The van der Waals surface area contributed by atoms with Crippen molar-refractivity contribution in [1.82, 2.24) is 10.2 Å². The van der Waals surface area contributed by atoms with Crippen molar-refractivity contribution in [1.29, 1.82) is 0 Å². The molecular formula is C16H26N2O. The molecule has 106 valence electrons. The van der Waals surface area contributed by atoms with Gasteiger partial charge >= 0.3 is 0 Å². The van der Waals surface area contributed by atoms with Gasteiger partial charge in [-0.25, -0.2) is 0 Å². The number of rotatable bonds is 4. The summed E-state index contributed by atoms with van der Waals surface area (Å²) in [6, 6.07) is 0.670. The topological polar surface area (TPSA) is 32.3 Å². The number of piperidine rings is 1.